The van der Waals surface area contributed by atoms with E-state index in [4.69, 9.17) is 0 Å². The Bertz CT molecular complexity index is 1030. The van der Waals surface area contributed by atoms with Gasteiger partial charge < -0.3 is 10.3 Å². The van der Waals surface area contributed by atoms with Crippen molar-refractivity contribution in [1.29, 1.82) is 0 Å². The molecule has 2 aliphatic rings. The third-order valence-electron chi connectivity index (χ3n) is 7.03. The number of aromatic amines is 1. The van der Waals surface area contributed by atoms with Crippen LogP contribution in [0.2, 0.25) is 0 Å². The summed E-state index contributed by atoms with van der Waals surface area (Å²) in [7, 11) is 4.34. The van der Waals surface area contributed by atoms with Gasteiger partial charge in [-0.05, 0) is 51.4 Å². The predicted molar refractivity (Wildman–Crippen MR) is 115 cm³/mol. The number of hydrogen-bond acceptors (Lipinski definition) is 3. The first-order chi connectivity index (χ1) is 14.0. The Labute approximate surface area is 170 Å². The molecule has 0 radical (unpaired) electrons. The third kappa shape index (κ3) is 2.82. The van der Waals surface area contributed by atoms with Crippen LogP contribution in [0.1, 0.15) is 31.2 Å². The lowest BCUT2D eigenvalue weighted by molar-refractivity contribution is 0.0658. The molecule has 1 aliphatic heterocycles. The minimum Gasteiger partial charge on any atom is -0.360 e. The fraction of sp³-hybridized carbons (Fsp3) is 0.391. The largest absolute Gasteiger partial charge is 0.360 e. The number of urea groups is 1. The molecule has 2 fully saturated rings. The summed E-state index contributed by atoms with van der Waals surface area (Å²) in [5.74, 6) is 0. The highest BCUT2D eigenvalue weighted by Gasteiger charge is 2.50. The molecule has 3 aromatic rings. The summed E-state index contributed by atoms with van der Waals surface area (Å²) in [6.07, 6.45) is 9.44. The summed E-state index contributed by atoms with van der Waals surface area (Å²) in [5, 5.41) is 4.37. The van der Waals surface area contributed by atoms with Crippen LogP contribution in [0, 0.1) is 0 Å². The normalized spacial score (nSPS) is 27.1. The maximum absolute atomic E-state index is 12.9. The van der Waals surface area contributed by atoms with Gasteiger partial charge in [-0.1, -0.05) is 30.3 Å². The fourth-order valence-corrected chi connectivity index (χ4v) is 5.25. The van der Waals surface area contributed by atoms with Crippen molar-refractivity contribution >= 4 is 22.6 Å². The molecular weight excluding hydrogens is 362 g/mol. The SMILES string of the molecule is CN(C)[C@]1(c2ccccc2)CC[C@@]2(CC1)CN(c1cncc3[nH]ccc13)C(=O)N2. The summed E-state index contributed by atoms with van der Waals surface area (Å²) >= 11 is 0. The zero-order valence-electron chi connectivity index (χ0n) is 17.0. The number of nitrogens with zero attached hydrogens (tertiary/aromatic N) is 3. The van der Waals surface area contributed by atoms with E-state index in [1.807, 2.05) is 17.2 Å². The summed E-state index contributed by atoms with van der Waals surface area (Å²) in [6, 6.07) is 12.8. The molecule has 1 saturated carbocycles. The number of aromatic nitrogens is 2. The number of anilines is 1. The highest BCUT2D eigenvalue weighted by atomic mass is 16.2. The van der Waals surface area contributed by atoms with Crippen LogP contribution in [-0.4, -0.2) is 47.1 Å². The van der Waals surface area contributed by atoms with Crippen molar-refractivity contribution in [2.45, 2.75) is 36.8 Å². The topological polar surface area (TPSA) is 64.3 Å². The molecule has 0 atom stereocenters. The number of hydrogen-bond donors (Lipinski definition) is 2. The Balaban J connectivity index is 1.41. The molecule has 2 aromatic heterocycles. The van der Waals surface area contributed by atoms with Gasteiger partial charge in [0.1, 0.15) is 0 Å². The van der Waals surface area contributed by atoms with Crippen molar-refractivity contribution in [2.24, 2.45) is 0 Å². The molecule has 5 rings (SSSR count). The third-order valence-corrected chi connectivity index (χ3v) is 7.03. The Hall–Kier alpha value is -2.86. The molecule has 2 N–H and O–H groups in total. The van der Waals surface area contributed by atoms with Gasteiger partial charge in [-0.3, -0.25) is 14.8 Å². The van der Waals surface area contributed by atoms with Crippen LogP contribution in [0.25, 0.3) is 10.9 Å². The molecular formula is C23H27N5O. The Morgan fingerprint density at radius 1 is 1.03 bits per heavy atom. The first-order valence-electron chi connectivity index (χ1n) is 10.3. The van der Waals surface area contributed by atoms with Crippen LogP contribution >= 0.6 is 0 Å². The van der Waals surface area contributed by atoms with Gasteiger partial charge in [0, 0.05) is 17.1 Å². The second-order valence-corrected chi connectivity index (χ2v) is 8.69. The van der Waals surface area contributed by atoms with E-state index in [9.17, 15) is 4.79 Å². The van der Waals surface area contributed by atoms with Gasteiger partial charge in [0.2, 0.25) is 0 Å². The minimum atomic E-state index is -0.177. The number of fused-ring (bicyclic) bond motifs is 1. The van der Waals surface area contributed by atoms with Crippen molar-refractivity contribution < 1.29 is 4.79 Å². The van der Waals surface area contributed by atoms with E-state index >= 15 is 0 Å². The van der Waals surface area contributed by atoms with Crippen LogP contribution in [0.3, 0.4) is 0 Å². The standard InChI is InChI=1S/C23H27N5O/c1-27(2)23(17-6-4-3-5-7-17)11-9-22(10-12-23)16-28(21(29)26-22)20-15-24-14-19-18(20)8-13-25-19/h3-8,13-15,25H,9-12,16H2,1-2H3,(H,26,29)/t22-,23-. The lowest BCUT2D eigenvalue weighted by atomic mass is 9.69. The zero-order chi connectivity index (χ0) is 20.1. The molecule has 1 aliphatic carbocycles. The maximum atomic E-state index is 12.9. The maximum Gasteiger partial charge on any atom is 0.322 e. The Morgan fingerprint density at radius 3 is 2.52 bits per heavy atom. The van der Waals surface area contributed by atoms with E-state index in [2.05, 4.69) is 64.6 Å². The summed E-state index contributed by atoms with van der Waals surface area (Å²) in [6.45, 7) is 0.691. The summed E-state index contributed by atoms with van der Waals surface area (Å²) in [5.41, 5.74) is 3.04. The molecule has 29 heavy (non-hydrogen) atoms. The number of H-pyrrole nitrogens is 1. The van der Waals surface area contributed by atoms with Gasteiger partial charge in [0.05, 0.1) is 35.7 Å². The smallest absolute Gasteiger partial charge is 0.322 e. The molecule has 3 heterocycles. The van der Waals surface area contributed by atoms with Crippen LogP contribution in [0.15, 0.2) is 55.0 Å². The first kappa shape index (κ1) is 18.2. The lowest BCUT2D eigenvalue weighted by Gasteiger charge is -2.48. The van der Waals surface area contributed by atoms with Crippen molar-refractivity contribution in [3.05, 3.63) is 60.6 Å². The molecule has 0 unspecified atom stereocenters. The van der Waals surface area contributed by atoms with E-state index in [0.717, 1.165) is 42.3 Å². The van der Waals surface area contributed by atoms with Gasteiger partial charge in [0.25, 0.3) is 0 Å². The predicted octanol–water partition coefficient (Wildman–Crippen LogP) is 3.86. The van der Waals surface area contributed by atoms with Gasteiger partial charge >= 0.3 is 6.03 Å². The van der Waals surface area contributed by atoms with Gasteiger partial charge in [-0.25, -0.2) is 4.79 Å². The Kier molecular flexibility index (Phi) is 4.13. The fourth-order valence-electron chi connectivity index (χ4n) is 5.25. The second kappa shape index (κ2) is 6.59. The molecule has 2 amide bonds. The van der Waals surface area contributed by atoms with Crippen LogP contribution in [-0.2, 0) is 5.54 Å². The first-order valence-corrected chi connectivity index (χ1v) is 10.3. The van der Waals surface area contributed by atoms with E-state index < -0.39 is 0 Å². The molecule has 6 heteroatoms. The Morgan fingerprint density at radius 2 is 1.79 bits per heavy atom. The quantitative estimate of drug-likeness (QED) is 0.715. The van der Waals surface area contributed by atoms with Crippen molar-refractivity contribution in [1.82, 2.24) is 20.2 Å². The van der Waals surface area contributed by atoms with Crippen molar-refractivity contribution in [3.63, 3.8) is 0 Å². The number of nitrogens with one attached hydrogen (secondary N) is 2. The molecule has 1 spiro atoms. The van der Waals surface area contributed by atoms with E-state index in [1.54, 1.807) is 12.4 Å². The number of rotatable bonds is 3. The number of pyridine rings is 1. The van der Waals surface area contributed by atoms with Crippen LogP contribution < -0.4 is 10.2 Å². The summed E-state index contributed by atoms with van der Waals surface area (Å²) < 4.78 is 0. The monoisotopic (exact) mass is 389 g/mol. The second-order valence-electron chi connectivity index (χ2n) is 8.69. The van der Waals surface area contributed by atoms with E-state index in [1.165, 1.54) is 5.56 Å². The van der Waals surface area contributed by atoms with E-state index in [-0.39, 0.29) is 17.1 Å². The summed E-state index contributed by atoms with van der Waals surface area (Å²) in [4.78, 5) is 24.7. The van der Waals surface area contributed by atoms with Crippen LogP contribution in [0.4, 0.5) is 10.5 Å². The molecule has 1 aromatic carbocycles. The van der Waals surface area contributed by atoms with Crippen LogP contribution in [0.5, 0.6) is 0 Å². The van der Waals surface area contributed by atoms with E-state index in [0.29, 0.717) is 6.54 Å². The molecule has 6 nitrogen and oxygen atoms in total. The number of carbonyl (C=O) groups is 1. The highest BCUT2D eigenvalue weighted by molar-refractivity contribution is 6.03. The molecule has 0 bridgehead atoms. The van der Waals surface area contributed by atoms with Gasteiger partial charge in [0.15, 0.2) is 0 Å². The average molecular weight is 390 g/mol. The lowest BCUT2D eigenvalue weighted by Crippen LogP contribution is -2.54. The van der Waals surface area contributed by atoms with Gasteiger partial charge in [-0.15, -0.1) is 0 Å². The van der Waals surface area contributed by atoms with Crippen molar-refractivity contribution in [2.75, 3.05) is 25.5 Å². The number of amides is 2. The number of carbonyl (C=O) groups excluding carboxylic acids is 1. The minimum absolute atomic E-state index is 0.0161. The van der Waals surface area contributed by atoms with Crippen molar-refractivity contribution in [3.8, 4) is 0 Å². The zero-order valence-corrected chi connectivity index (χ0v) is 17.0. The molecule has 1 saturated heterocycles. The highest BCUT2D eigenvalue weighted by Crippen LogP contribution is 2.46. The average Bonchev–Trinajstić information content (AvgIpc) is 3.34. The van der Waals surface area contributed by atoms with Gasteiger partial charge in [-0.2, -0.15) is 0 Å². The molecule has 150 valence electrons. The number of benzene rings is 1.